The number of urea groups is 1. The third-order valence-corrected chi connectivity index (χ3v) is 6.35. The van der Waals surface area contributed by atoms with Gasteiger partial charge in [0.15, 0.2) is 5.82 Å². The van der Waals surface area contributed by atoms with Gasteiger partial charge in [0, 0.05) is 34.3 Å². The Morgan fingerprint density at radius 2 is 1.65 bits per heavy atom. The lowest BCUT2D eigenvalue weighted by atomic mass is 10.0. The molecule has 3 aromatic rings. The number of benzene rings is 2. The number of rotatable bonds is 3. The lowest BCUT2D eigenvalue weighted by Gasteiger charge is -2.26. The minimum absolute atomic E-state index is 0.131. The Morgan fingerprint density at radius 1 is 0.968 bits per heavy atom. The summed E-state index contributed by atoms with van der Waals surface area (Å²) >= 11 is 18.8. The Labute approximate surface area is 196 Å². The summed E-state index contributed by atoms with van der Waals surface area (Å²) in [6, 6.07) is 10.8. The zero-order chi connectivity index (χ0) is 22.1. The number of carbonyl (C=O) groups is 1. The van der Waals surface area contributed by atoms with E-state index in [1.54, 1.807) is 16.8 Å². The van der Waals surface area contributed by atoms with Crippen molar-refractivity contribution >= 4 is 46.7 Å². The number of likely N-dealkylation sites (tertiary alicyclic amines) is 1. The molecule has 0 radical (unpaired) electrons. The number of nitrogens with one attached hydrogen (secondary N) is 1. The molecule has 162 valence electrons. The Hall–Kier alpha value is -2.21. The van der Waals surface area contributed by atoms with Gasteiger partial charge in [0.1, 0.15) is 0 Å². The zero-order valence-corrected chi connectivity index (χ0v) is 19.7. The molecule has 31 heavy (non-hydrogen) atoms. The van der Waals surface area contributed by atoms with Crippen LogP contribution in [0.1, 0.15) is 30.4 Å². The highest BCUT2D eigenvalue weighted by molar-refractivity contribution is 6.35. The summed E-state index contributed by atoms with van der Waals surface area (Å²) in [6.07, 6.45) is 3.21. The molecule has 1 aliphatic heterocycles. The van der Waals surface area contributed by atoms with Gasteiger partial charge in [-0.2, -0.15) is 0 Å². The van der Waals surface area contributed by atoms with Crippen LogP contribution in [0.4, 0.5) is 10.6 Å². The first-order valence-electron chi connectivity index (χ1n) is 10.2. The average molecular weight is 478 g/mol. The van der Waals surface area contributed by atoms with E-state index < -0.39 is 0 Å². The zero-order valence-electron chi connectivity index (χ0n) is 17.4. The molecular formula is C23H23Cl3N4O. The summed E-state index contributed by atoms with van der Waals surface area (Å²) in [4.78, 5) is 14.7. The van der Waals surface area contributed by atoms with Crippen molar-refractivity contribution in [1.82, 2.24) is 14.7 Å². The van der Waals surface area contributed by atoms with Crippen molar-refractivity contribution in [3.8, 4) is 16.9 Å². The second-order valence-corrected chi connectivity index (χ2v) is 9.05. The molecule has 1 aromatic heterocycles. The van der Waals surface area contributed by atoms with E-state index >= 15 is 0 Å². The van der Waals surface area contributed by atoms with Crippen LogP contribution in [-0.2, 0) is 0 Å². The summed E-state index contributed by atoms with van der Waals surface area (Å²) in [6.45, 7) is 5.46. The van der Waals surface area contributed by atoms with Gasteiger partial charge in [-0.25, -0.2) is 9.48 Å². The molecule has 0 unspecified atom stereocenters. The fourth-order valence-corrected chi connectivity index (χ4v) is 4.64. The third kappa shape index (κ3) is 4.54. The number of hydrogen-bond acceptors (Lipinski definition) is 2. The van der Waals surface area contributed by atoms with Crippen LogP contribution in [0.3, 0.4) is 0 Å². The molecule has 1 aliphatic rings. The maximum absolute atomic E-state index is 12.8. The Kier molecular flexibility index (Phi) is 6.47. The van der Waals surface area contributed by atoms with Gasteiger partial charge in [-0.1, -0.05) is 40.9 Å². The molecule has 0 bridgehead atoms. The quantitative estimate of drug-likeness (QED) is 0.436. The fourth-order valence-electron chi connectivity index (χ4n) is 3.93. The van der Waals surface area contributed by atoms with Crippen molar-refractivity contribution < 1.29 is 4.79 Å². The number of halogens is 3. The monoisotopic (exact) mass is 476 g/mol. The number of piperidine rings is 1. The molecular weight excluding hydrogens is 455 g/mol. The van der Waals surface area contributed by atoms with E-state index in [0.29, 0.717) is 26.6 Å². The molecule has 1 fully saturated rings. The molecule has 2 aromatic carbocycles. The molecule has 2 heterocycles. The van der Waals surface area contributed by atoms with Crippen LogP contribution in [-0.4, -0.2) is 33.8 Å². The average Bonchev–Trinajstić information content (AvgIpc) is 3.04. The lowest BCUT2D eigenvalue weighted by molar-refractivity contribution is 0.200. The predicted molar refractivity (Wildman–Crippen MR) is 128 cm³/mol. The molecule has 1 N–H and O–H groups in total. The fraction of sp³-hybridized carbons (Fsp3) is 0.304. The smallest absolute Gasteiger partial charge is 0.323 e. The van der Waals surface area contributed by atoms with Crippen molar-refractivity contribution in [3.05, 3.63) is 62.6 Å². The summed E-state index contributed by atoms with van der Waals surface area (Å²) in [5, 5.41) is 9.42. The van der Waals surface area contributed by atoms with Gasteiger partial charge < -0.3 is 4.90 Å². The van der Waals surface area contributed by atoms with E-state index in [1.807, 2.05) is 43.0 Å². The molecule has 1 saturated heterocycles. The van der Waals surface area contributed by atoms with Gasteiger partial charge in [0.05, 0.1) is 16.4 Å². The normalized spacial score (nSPS) is 14.0. The van der Waals surface area contributed by atoms with E-state index in [-0.39, 0.29) is 6.03 Å². The topological polar surface area (TPSA) is 50.2 Å². The van der Waals surface area contributed by atoms with Gasteiger partial charge in [0.2, 0.25) is 0 Å². The largest absolute Gasteiger partial charge is 0.324 e. The standard InChI is InChI=1S/C23H23Cl3N4O/c1-14-12-16(24)6-8-18(14)21-15(2)22(27-23(31)29-10-4-3-5-11-29)28-30(21)20-9-7-17(25)13-19(20)26/h6-9,12-13H,3-5,10-11H2,1-2H3,(H,27,28,31). The van der Waals surface area contributed by atoms with Crippen LogP contribution >= 0.6 is 34.8 Å². The van der Waals surface area contributed by atoms with Crippen LogP contribution in [0.25, 0.3) is 16.9 Å². The van der Waals surface area contributed by atoms with Crippen molar-refractivity contribution in [2.24, 2.45) is 0 Å². The first-order valence-corrected chi connectivity index (χ1v) is 11.4. The van der Waals surface area contributed by atoms with Crippen molar-refractivity contribution in [2.75, 3.05) is 18.4 Å². The van der Waals surface area contributed by atoms with Crippen LogP contribution in [0.5, 0.6) is 0 Å². The molecule has 0 aliphatic carbocycles. The van der Waals surface area contributed by atoms with Crippen LogP contribution in [0.2, 0.25) is 15.1 Å². The highest BCUT2D eigenvalue weighted by Crippen LogP contribution is 2.36. The summed E-state index contributed by atoms with van der Waals surface area (Å²) in [5.41, 5.74) is 4.32. The SMILES string of the molecule is Cc1cc(Cl)ccc1-c1c(C)c(NC(=O)N2CCCCC2)nn1-c1ccc(Cl)cc1Cl. The third-order valence-electron chi connectivity index (χ3n) is 5.57. The first kappa shape index (κ1) is 22.0. The molecule has 2 amide bonds. The lowest BCUT2D eigenvalue weighted by Crippen LogP contribution is -2.38. The highest BCUT2D eigenvalue weighted by atomic mass is 35.5. The van der Waals surface area contributed by atoms with Crippen molar-refractivity contribution in [3.63, 3.8) is 0 Å². The number of carbonyl (C=O) groups excluding carboxylic acids is 1. The molecule has 0 atom stereocenters. The summed E-state index contributed by atoms with van der Waals surface area (Å²) in [5.74, 6) is 0.506. The van der Waals surface area contributed by atoms with Gasteiger partial charge in [-0.15, -0.1) is 5.10 Å². The minimum atomic E-state index is -0.131. The van der Waals surface area contributed by atoms with E-state index in [9.17, 15) is 4.79 Å². The molecule has 0 saturated carbocycles. The number of anilines is 1. The van der Waals surface area contributed by atoms with Gasteiger partial charge >= 0.3 is 6.03 Å². The highest BCUT2D eigenvalue weighted by Gasteiger charge is 2.24. The summed E-state index contributed by atoms with van der Waals surface area (Å²) < 4.78 is 1.76. The molecule has 8 heteroatoms. The van der Waals surface area contributed by atoms with E-state index in [0.717, 1.165) is 54.7 Å². The van der Waals surface area contributed by atoms with Gasteiger partial charge in [-0.3, -0.25) is 5.32 Å². The van der Waals surface area contributed by atoms with Crippen LogP contribution in [0.15, 0.2) is 36.4 Å². The molecule has 4 rings (SSSR count). The second-order valence-electron chi connectivity index (χ2n) is 7.77. The van der Waals surface area contributed by atoms with Crippen LogP contribution in [0, 0.1) is 13.8 Å². The second kappa shape index (κ2) is 9.11. The number of nitrogens with zero attached hydrogens (tertiary/aromatic N) is 3. The van der Waals surface area contributed by atoms with Crippen molar-refractivity contribution in [1.29, 1.82) is 0 Å². The summed E-state index contributed by atoms with van der Waals surface area (Å²) in [7, 11) is 0. The Bertz CT molecular complexity index is 1140. The number of aromatic nitrogens is 2. The van der Waals surface area contributed by atoms with E-state index in [2.05, 4.69) is 5.32 Å². The van der Waals surface area contributed by atoms with Gasteiger partial charge in [0.25, 0.3) is 0 Å². The van der Waals surface area contributed by atoms with Crippen LogP contribution < -0.4 is 5.32 Å². The maximum atomic E-state index is 12.8. The van der Waals surface area contributed by atoms with E-state index in [1.165, 1.54) is 0 Å². The van der Waals surface area contributed by atoms with E-state index in [4.69, 9.17) is 39.9 Å². The minimum Gasteiger partial charge on any atom is -0.324 e. The maximum Gasteiger partial charge on any atom is 0.323 e. The molecule has 5 nitrogen and oxygen atoms in total. The number of hydrogen-bond donors (Lipinski definition) is 1. The molecule has 0 spiro atoms. The number of amides is 2. The Balaban J connectivity index is 1.82. The number of aryl methyl sites for hydroxylation is 1. The first-order chi connectivity index (χ1) is 14.8. The predicted octanol–water partition coefficient (Wildman–Crippen LogP) is 7.13. The Morgan fingerprint density at radius 3 is 2.32 bits per heavy atom. The van der Waals surface area contributed by atoms with Crippen molar-refractivity contribution in [2.45, 2.75) is 33.1 Å². The van der Waals surface area contributed by atoms with Gasteiger partial charge in [-0.05, 0) is 69.0 Å².